The van der Waals surface area contributed by atoms with E-state index in [0.29, 0.717) is 32.0 Å². The molecule has 8 heteroatoms. The smallest absolute Gasteiger partial charge is 0.289 e. The van der Waals surface area contributed by atoms with E-state index in [2.05, 4.69) is 10.1 Å². The molecular weight excluding hydrogens is 344 g/mol. The van der Waals surface area contributed by atoms with E-state index in [1.54, 1.807) is 32.7 Å². The van der Waals surface area contributed by atoms with Gasteiger partial charge in [-0.05, 0) is 12.5 Å². The Labute approximate surface area is 157 Å². The zero-order chi connectivity index (χ0) is 18.8. The number of aryl methyl sites for hydroxylation is 1. The van der Waals surface area contributed by atoms with Crippen LogP contribution in [0.1, 0.15) is 17.0 Å². The lowest BCUT2D eigenvalue weighted by molar-refractivity contribution is -0.131. The average molecular weight is 366 g/mol. The van der Waals surface area contributed by atoms with Crippen LogP contribution < -0.4 is 0 Å². The lowest BCUT2D eigenvalue weighted by Gasteiger charge is -2.22. The van der Waals surface area contributed by atoms with E-state index in [4.69, 9.17) is 0 Å². The number of aromatic nitrogens is 4. The summed E-state index contributed by atoms with van der Waals surface area (Å²) in [5.74, 6) is 0.364. The van der Waals surface area contributed by atoms with Crippen LogP contribution in [0.2, 0.25) is 0 Å². The van der Waals surface area contributed by atoms with Gasteiger partial charge in [0.2, 0.25) is 5.91 Å². The average Bonchev–Trinajstić information content (AvgIpc) is 3.19. The fourth-order valence-corrected chi connectivity index (χ4v) is 3.46. The van der Waals surface area contributed by atoms with Crippen molar-refractivity contribution in [2.45, 2.75) is 13.0 Å². The van der Waals surface area contributed by atoms with Crippen molar-refractivity contribution in [2.75, 3.05) is 26.2 Å². The fourth-order valence-electron chi connectivity index (χ4n) is 3.46. The highest BCUT2D eigenvalue weighted by Gasteiger charge is 2.25. The number of carbonyl (C=O) groups is 2. The minimum atomic E-state index is -0.0881. The van der Waals surface area contributed by atoms with Crippen molar-refractivity contribution >= 4 is 22.7 Å². The molecule has 8 nitrogen and oxygen atoms in total. The summed E-state index contributed by atoms with van der Waals surface area (Å²) in [7, 11) is 1.81. The highest BCUT2D eigenvalue weighted by Crippen LogP contribution is 2.14. The van der Waals surface area contributed by atoms with Gasteiger partial charge >= 0.3 is 0 Å². The third-order valence-electron chi connectivity index (χ3n) is 4.98. The Hall–Kier alpha value is -3.16. The minimum Gasteiger partial charge on any atom is -0.339 e. The molecule has 1 aromatic carbocycles. The van der Waals surface area contributed by atoms with E-state index in [1.165, 1.54) is 0 Å². The lowest BCUT2D eigenvalue weighted by atomic mass is 10.2. The first-order chi connectivity index (χ1) is 13.1. The predicted octanol–water partition coefficient (Wildman–Crippen LogP) is 1.14. The first-order valence-electron chi connectivity index (χ1n) is 9.08. The van der Waals surface area contributed by atoms with Gasteiger partial charge in [-0.3, -0.25) is 14.3 Å². The van der Waals surface area contributed by atoms with Crippen LogP contribution in [0.15, 0.2) is 42.9 Å². The molecule has 1 aliphatic rings. The second-order valence-electron chi connectivity index (χ2n) is 6.75. The molecule has 2 aromatic heterocycles. The van der Waals surface area contributed by atoms with Gasteiger partial charge in [-0.1, -0.05) is 18.2 Å². The summed E-state index contributed by atoms with van der Waals surface area (Å²) in [4.78, 5) is 33.1. The van der Waals surface area contributed by atoms with Crippen LogP contribution >= 0.6 is 0 Å². The molecule has 0 aliphatic carbocycles. The Morgan fingerprint density at radius 2 is 1.85 bits per heavy atom. The molecule has 1 saturated heterocycles. The number of rotatable bonds is 3. The van der Waals surface area contributed by atoms with Gasteiger partial charge in [0.05, 0.1) is 11.7 Å². The summed E-state index contributed by atoms with van der Waals surface area (Å²) in [6.07, 6.45) is 5.91. The monoisotopic (exact) mass is 366 g/mol. The van der Waals surface area contributed by atoms with Crippen LogP contribution in [-0.4, -0.2) is 67.1 Å². The quantitative estimate of drug-likeness (QED) is 0.697. The number of imidazole rings is 1. The molecule has 0 atom stereocenters. The number of nitrogens with zero attached hydrogens (tertiary/aromatic N) is 6. The van der Waals surface area contributed by atoms with Gasteiger partial charge in [-0.15, -0.1) is 0 Å². The second-order valence-corrected chi connectivity index (χ2v) is 6.75. The van der Waals surface area contributed by atoms with Gasteiger partial charge in [0.1, 0.15) is 6.54 Å². The van der Waals surface area contributed by atoms with E-state index in [-0.39, 0.29) is 18.4 Å². The predicted molar refractivity (Wildman–Crippen MR) is 100 cm³/mol. The molecule has 27 heavy (non-hydrogen) atoms. The van der Waals surface area contributed by atoms with Crippen molar-refractivity contribution in [3.05, 3.63) is 48.7 Å². The van der Waals surface area contributed by atoms with Crippen molar-refractivity contribution in [3.63, 3.8) is 0 Å². The highest BCUT2D eigenvalue weighted by molar-refractivity contribution is 5.91. The van der Waals surface area contributed by atoms with Crippen molar-refractivity contribution in [3.8, 4) is 0 Å². The molecule has 0 unspecified atom stereocenters. The van der Waals surface area contributed by atoms with E-state index in [0.717, 1.165) is 17.3 Å². The molecule has 4 rings (SSSR count). The normalized spacial score (nSPS) is 15.1. The third kappa shape index (κ3) is 3.42. The number of benzene rings is 1. The van der Waals surface area contributed by atoms with Crippen molar-refractivity contribution in [1.29, 1.82) is 0 Å². The van der Waals surface area contributed by atoms with Crippen LogP contribution in [0, 0.1) is 0 Å². The maximum atomic E-state index is 12.8. The van der Waals surface area contributed by atoms with Crippen LogP contribution in [0.25, 0.3) is 10.9 Å². The summed E-state index contributed by atoms with van der Waals surface area (Å²) in [6.45, 7) is 2.51. The van der Waals surface area contributed by atoms with Gasteiger partial charge in [0, 0.05) is 51.0 Å². The van der Waals surface area contributed by atoms with Crippen molar-refractivity contribution < 1.29 is 9.59 Å². The van der Waals surface area contributed by atoms with E-state index < -0.39 is 0 Å². The maximum absolute atomic E-state index is 12.8. The Kier molecular flexibility index (Phi) is 4.62. The molecule has 3 heterocycles. The topological polar surface area (TPSA) is 76.3 Å². The summed E-state index contributed by atoms with van der Waals surface area (Å²) < 4.78 is 3.46. The zero-order valence-corrected chi connectivity index (χ0v) is 15.3. The first kappa shape index (κ1) is 17.3. The minimum absolute atomic E-state index is 0.0233. The molecule has 0 N–H and O–H groups in total. The Bertz CT molecular complexity index is 975. The number of fused-ring (bicyclic) bond motifs is 1. The Morgan fingerprint density at radius 3 is 2.67 bits per heavy atom. The summed E-state index contributed by atoms with van der Waals surface area (Å²) in [5.41, 5.74) is 0.951. The molecule has 0 spiro atoms. The Balaban J connectivity index is 1.41. The van der Waals surface area contributed by atoms with E-state index >= 15 is 0 Å². The number of hydrogen-bond donors (Lipinski definition) is 0. The molecule has 0 bridgehead atoms. The van der Waals surface area contributed by atoms with E-state index in [1.807, 2.05) is 36.2 Å². The van der Waals surface area contributed by atoms with Crippen molar-refractivity contribution in [2.24, 2.45) is 7.05 Å². The maximum Gasteiger partial charge on any atom is 0.289 e. The largest absolute Gasteiger partial charge is 0.339 e. The number of carbonyl (C=O) groups excluding carboxylic acids is 2. The third-order valence-corrected chi connectivity index (χ3v) is 4.98. The van der Waals surface area contributed by atoms with Crippen molar-refractivity contribution in [1.82, 2.24) is 29.1 Å². The van der Waals surface area contributed by atoms with Gasteiger partial charge in [0.15, 0.2) is 5.82 Å². The van der Waals surface area contributed by atoms with Crippen LogP contribution in [0.3, 0.4) is 0 Å². The van der Waals surface area contributed by atoms with Crippen LogP contribution in [0.5, 0.6) is 0 Å². The summed E-state index contributed by atoms with van der Waals surface area (Å²) >= 11 is 0. The number of hydrogen-bond acceptors (Lipinski definition) is 4. The zero-order valence-electron chi connectivity index (χ0n) is 15.3. The SMILES string of the molecule is Cn1ccnc1C(=O)N1CCCN(C(=O)Cn2ncc3ccccc32)CC1. The summed E-state index contributed by atoms with van der Waals surface area (Å²) in [6, 6.07) is 7.85. The highest BCUT2D eigenvalue weighted by atomic mass is 16.2. The van der Waals surface area contributed by atoms with Gasteiger partial charge in [-0.25, -0.2) is 4.98 Å². The fraction of sp³-hybridized carbons (Fsp3) is 0.368. The van der Waals surface area contributed by atoms with Gasteiger partial charge in [0.25, 0.3) is 5.91 Å². The molecule has 0 radical (unpaired) electrons. The van der Waals surface area contributed by atoms with Crippen LogP contribution in [0.4, 0.5) is 0 Å². The first-order valence-corrected chi connectivity index (χ1v) is 9.08. The molecule has 3 aromatic rings. The van der Waals surface area contributed by atoms with E-state index in [9.17, 15) is 9.59 Å². The lowest BCUT2D eigenvalue weighted by Crippen LogP contribution is -2.39. The molecule has 0 saturated carbocycles. The number of para-hydroxylation sites is 1. The molecular formula is C19H22N6O2. The molecule has 2 amide bonds. The standard InChI is InChI=1S/C19H22N6O2/c1-22-10-7-20-18(22)19(27)24-9-4-8-23(11-12-24)17(26)14-25-16-6-3-2-5-15(16)13-21-25/h2-3,5-7,10,13H,4,8-9,11-12,14H2,1H3. The van der Waals surface area contributed by atoms with Gasteiger partial charge in [-0.2, -0.15) is 5.10 Å². The molecule has 1 fully saturated rings. The molecule has 1 aliphatic heterocycles. The van der Waals surface area contributed by atoms with Gasteiger partial charge < -0.3 is 14.4 Å². The second kappa shape index (κ2) is 7.22. The van der Waals surface area contributed by atoms with Crippen LogP contribution in [-0.2, 0) is 18.4 Å². The Morgan fingerprint density at radius 1 is 1.07 bits per heavy atom. The number of amides is 2. The summed E-state index contributed by atoms with van der Waals surface area (Å²) in [5, 5.41) is 5.36. The molecule has 140 valence electrons.